The smallest absolute Gasteiger partial charge is 0.243 e. The number of nitrogens with one attached hydrogen (secondary N) is 1. The van der Waals surface area contributed by atoms with Gasteiger partial charge in [0.15, 0.2) is 11.5 Å². The number of halogens is 2. The minimum atomic E-state index is -0.587. The number of aryl methyl sites for hydroxylation is 1. The molecule has 0 aromatic heterocycles. The van der Waals surface area contributed by atoms with Crippen LogP contribution in [0.1, 0.15) is 63.0 Å². The van der Waals surface area contributed by atoms with Crippen molar-refractivity contribution in [1.82, 2.24) is 10.2 Å². The fourth-order valence-electron chi connectivity index (χ4n) is 4.73. The largest absolute Gasteiger partial charge is 0.493 e. The molecule has 2 aromatic carbocycles. The number of carbonyl (C=O) groups is 2. The summed E-state index contributed by atoms with van der Waals surface area (Å²) < 4.78 is 10.7. The van der Waals surface area contributed by atoms with E-state index in [0.29, 0.717) is 34.4 Å². The van der Waals surface area contributed by atoms with Crippen molar-refractivity contribution >= 4 is 35.0 Å². The molecule has 3 rings (SSSR count). The maximum Gasteiger partial charge on any atom is 0.243 e. The number of benzene rings is 2. The van der Waals surface area contributed by atoms with Crippen LogP contribution >= 0.6 is 23.2 Å². The zero-order chi connectivity index (χ0) is 26.1. The first kappa shape index (κ1) is 28.1. The van der Waals surface area contributed by atoms with Crippen LogP contribution in [0.4, 0.5) is 0 Å². The maximum absolute atomic E-state index is 13.6. The first-order valence-electron chi connectivity index (χ1n) is 12.6. The molecule has 0 saturated heterocycles. The van der Waals surface area contributed by atoms with Crippen LogP contribution in [-0.4, -0.2) is 43.0 Å². The SMILES string of the molecule is CC[C@@H](C(=O)NC1CCCCC1)N(Cc1ccc(Cl)cc1Cl)C(=O)CCc1ccc(OC)c(OC)c1. The van der Waals surface area contributed by atoms with Gasteiger partial charge in [-0.2, -0.15) is 0 Å². The first-order valence-corrected chi connectivity index (χ1v) is 13.4. The van der Waals surface area contributed by atoms with Crippen LogP contribution in [0.5, 0.6) is 11.5 Å². The third kappa shape index (κ3) is 7.53. The number of amides is 2. The molecule has 8 heteroatoms. The Hall–Kier alpha value is -2.44. The Morgan fingerprint density at radius 2 is 1.75 bits per heavy atom. The van der Waals surface area contributed by atoms with E-state index in [4.69, 9.17) is 32.7 Å². The summed E-state index contributed by atoms with van der Waals surface area (Å²) in [4.78, 5) is 28.6. The predicted octanol–water partition coefficient (Wildman–Crippen LogP) is 6.20. The highest BCUT2D eigenvalue weighted by molar-refractivity contribution is 6.35. The summed E-state index contributed by atoms with van der Waals surface area (Å²) in [6, 6.07) is 10.4. The molecule has 1 aliphatic carbocycles. The molecular weight excluding hydrogens is 499 g/mol. The summed E-state index contributed by atoms with van der Waals surface area (Å²) in [6.45, 7) is 2.17. The van der Waals surface area contributed by atoms with E-state index in [-0.39, 0.29) is 30.8 Å². The number of rotatable bonds is 11. The number of hydrogen-bond donors (Lipinski definition) is 1. The monoisotopic (exact) mass is 534 g/mol. The van der Waals surface area contributed by atoms with E-state index >= 15 is 0 Å². The van der Waals surface area contributed by atoms with E-state index in [2.05, 4.69) is 5.32 Å². The molecule has 1 N–H and O–H groups in total. The molecule has 0 bridgehead atoms. The fourth-order valence-corrected chi connectivity index (χ4v) is 5.20. The maximum atomic E-state index is 13.6. The third-order valence-corrected chi connectivity index (χ3v) is 7.36. The van der Waals surface area contributed by atoms with Gasteiger partial charge in [0.05, 0.1) is 14.2 Å². The van der Waals surface area contributed by atoms with E-state index in [1.165, 1.54) is 6.42 Å². The lowest BCUT2D eigenvalue weighted by Gasteiger charge is -2.33. The zero-order valence-corrected chi connectivity index (χ0v) is 22.8. The van der Waals surface area contributed by atoms with Crippen LogP contribution in [0.25, 0.3) is 0 Å². The quantitative estimate of drug-likeness (QED) is 0.372. The highest BCUT2D eigenvalue weighted by atomic mass is 35.5. The average molecular weight is 536 g/mol. The normalized spacial score (nSPS) is 14.7. The molecule has 2 aromatic rings. The van der Waals surface area contributed by atoms with E-state index < -0.39 is 6.04 Å². The van der Waals surface area contributed by atoms with E-state index in [9.17, 15) is 9.59 Å². The van der Waals surface area contributed by atoms with Gasteiger partial charge >= 0.3 is 0 Å². The molecule has 1 aliphatic rings. The Bertz CT molecular complexity index is 1040. The van der Waals surface area contributed by atoms with Gasteiger partial charge in [-0.3, -0.25) is 9.59 Å². The van der Waals surface area contributed by atoms with Crippen LogP contribution in [0.2, 0.25) is 10.0 Å². The third-order valence-electron chi connectivity index (χ3n) is 6.77. The standard InChI is InChI=1S/C28H36Cl2N2O4/c1-4-24(28(34)31-22-8-6-5-7-9-22)32(18-20-12-13-21(29)17-23(20)30)27(33)15-11-19-10-14-25(35-2)26(16-19)36-3/h10,12-14,16-17,22,24H,4-9,11,15,18H2,1-3H3,(H,31,34)/t24-/m0/s1. The second-order valence-corrected chi connectivity index (χ2v) is 10.1. The van der Waals surface area contributed by atoms with Crippen LogP contribution in [0.3, 0.4) is 0 Å². The molecule has 0 heterocycles. The van der Waals surface area contributed by atoms with Crippen molar-refractivity contribution in [3.8, 4) is 11.5 Å². The molecule has 6 nitrogen and oxygen atoms in total. The Morgan fingerprint density at radius 3 is 2.39 bits per heavy atom. The van der Waals surface area contributed by atoms with Gasteiger partial charge in [0, 0.05) is 29.1 Å². The van der Waals surface area contributed by atoms with E-state index in [1.54, 1.807) is 31.3 Å². The first-order chi connectivity index (χ1) is 17.4. The molecule has 1 atom stereocenters. The summed E-state index contributed by atoms with van der Waals surface area (Å²) in [6.07, 6.45) is 6.67. The summed E-state index contributed by atoms with van der Waals surface area (Å²) >= 11 is 12.5. The van der Waals surface area contributed by atoms with Gasteiger partial charge in [-0.15, -0.1) is 0 Å². The van der Waals surface area contributed by atoms with E-state index in [0.717, 1.165) is 36.8 Å². The number of ether oxygens (including phenoxy) is 2. The molecule has 0 aliphatic heterocycles. The predicted molar refractivity (Wildman–Crippen MR) is 144 cm³/mol. The molecule has 0 spiro atoms. The van der Waals surface area contributed by atoms with Crippen molar-refractivity contribution < 1.29 is 19.1 Å². The van der Waals surface area contributed by atoms with Gasteiger partial charge in [-0.05, 0) is 61.1 Å². The van der Waals surface area contributed by atoms with Crippen molar-refractivity contribution in [3.63, 3.8) is 0 Å². The van der Waals surface area contributed by atoms with Crippen molar-refractivity contribution in [2.45, 2.75) is 76.9 Å². The topological polar surface area (TPSA) is 67.9 Å². The van der Waals surface area contributed by atoms with Crippen molar-refractivity contribution in [1.29, 1.82) is 0 Å². The highest BCUT2D eigenvalue weighted by Crippen LogP contribution is 2.29. The molecular formula is C28H36Cl2N2O4. The molecule has 2 amide bonds. The number of carbonyl (C=O) groups excluding carboxylic acids is 2. The average Bonchev–Trinajstić information content (AvgIpc) is 2.88. The van der Waals surface area contributed by atoms with Gasteiger partial charge in [0.1, 0.15) is 6.04 Å². The molecule has 196 valence electrons. The number of nitrogens with zero attached hydrogens (tertiary/aromatic N) is 1. The lowest BCUT2D eigenvalue weighted by molar-refractivity contribution is -0.141. The molecule has 0 radical (unpaired) electrons. The van der Waals surface area contributed by atoms with Crippen LogP contribution < -0.4 is 14.8 Å². The fraction of sp³-hybridized carbons (Fsp3) is 0.500. The number of hydrogen-bond acceptors (Lipinski definition) is 4. The van der Waals surface area contributed by atoms with Gasteiger partial charge in [0.2, 0.25) is 11.8 Å². The summed E-state index contributed by atoms with van der Waals surface area (Å²) in [5, 5.41) is 4.20. The van der Waals surface area contributed by atoms with Gasteiger partial charge in [0.25, 0.3) is 0 Å². The second-order valence-electron chi connectivity index (χ2n) is 9.21. The molecule has 0 unspecified atom stereocenters. The Balaban J connectivity index is 1.79. The summed E-state index contributed by atoms with van der Waals surface area (Å²) in [5.74, 6) is 1.04. The minimum absolute atomic E-state index is 0.103. The molecule has 36 heavy (non-hydrogen) atoms. The Morgan fingerprint density at radius 1 is 1.03 bits per heavy atom. The molecule has 1 fully saturated rings. The lowest BCUT2D eigenvalue weighted by Crippen LogP contribution is -2.51. The summed E-state index contributed by atoms with van der Waals surface area (Å²) in [5.41, 5.74) is 1.70. The Kier molecular flexibility index (Phi) is 10.7. The van der Waals surface area contributed by atoms with Gasteiger partial charge in [-0.25, -0.2) is 0 Å². The number of methoxy groups -OCH3 is 2. The zero-order valence-electron chi connectivity index (χ0n) is 21.3. The van der Waals surface area contributed by atoms with Gasteiger partial charge in [-0.1, -0.05) is 61.5 Å². The van der Waals surface area contributed by atoms with Crippen molar-refractivity contribution in [2.24, 2.45) is 0 Å². The minimum Gasteiger partial charge on any atom is -0.493 e. The highest BCUT2D eigenvalue weighted by Gasteiger charge is 2.30. The van der Waals surface area contributed by atoms with Crippen LogP contribution in [0.15, 0.2) is 36.4 Å². The van der Waals surface area contributed by atoms with Crippen LogP contribution in [0, 0.1) is 0 Å². The molecule has 1 saturated carbocycles. The van der Waals surface area contributed by atoms with E-state index in [1.807, 2.05) is 31.2 Å². The Labute approximate surface area is 224 Å². The van der Waals surface area contributed by atoms with Crippen LogP contribution in [-0.2, 0) is 22.6 Å². The van der Waals surface area contributed by atoms with Crippen molar-refractivity contribution in [3.05, 3.63) is 57.6 Å². The van der Waals surface area contributed by atoms with Crippen molar-refractivity contribution in [2.75, 3.05) is 14.2 Å². The second kappa shape index (κ2) is 13.8. The van der Waals surface area contributed by atoms with Gasteiger partial charge < -0.3 is 19.7 Å². The summed E-state index contributed by atoms with van der Waals surface area (Å²) in [7, 11) is 3.17. The lowest BCUT2D eigenvalue weighted by atomic mass is 9.95.